The Morgan fingerprint density at radius 2 is 1.97 bits per heavy atom. The fourth-order valence-electron chi connectivity index (χ4n) is 3.55. The molecule has 148 valence electrons. The number of phenols is 1. The van der Waals surface area contributed by atoms with E-state index in [1.54, 1.807) is 31.1 Å². The zero-order valence-electron chi connectivity index (χ0n) is 15.8. The molecular formula is C19H17N4O5S+. The summed E-state index contributed by atoms with van der Waals surface area (Å²) in [7, 11) is 1.86. The van der Waals surface area contributed by atoms with E-state index in [0.717, 1.165) is 0 Å². The van der Waals surface area contributed by atoms with E-state index in [1.165, 1.54) is 29.0 Å². The summed E-state index contributed by atoms with van der Waals surface area (Å²) in [6.07, 6.45) is 3.08. The van der Waals surface area contributed by atoms with E-state index >= 15 is 0 Å². The lowest BCUT2D eigenvalue weighted by Crippen LogP contribution is -2.34. The average molecular weight is 413 g/mol. The van der Waals surface area contributed by atoms with Gasteiger partial charge in [0, 0.05) is 22.5 Å². The van der Waals surface area contributed by atoms with Crippen molar-refractivity contribution in [2.24, 2.45) is 14.1 Å². The number of pyridine rings is 1. The number of hydrogen-bond acceptors (Lipinski definition) is 5. The van der Waals surface area contributed by atoms with Crippen LogP contribution < -0.4 is 4.57 Å². The Hall–Kier alpha value is -3.53. The molecule has 1 atom stereocenters. The van der Waals surface area contributed by atoms with Gasteiger partial charge >= 0.3 is 5.97 Å². The molecule has 0 aliphatic rings. The number of hydrogen-bond donors (Lipinski definition) is 3. The van der Waals surface area contributed by atoms with Crippen molar-refractivity contribution in [1.29, 1.82) is 0 Å². The highest BCUT2D eigenvalue weighted by Gasteiger charge is 2.32. The molecule has 0 bridgehead atoms. The Balaban J connectivity index is 2.08. The Morgan fingerprint density at radius 3 is 2.62 bits per heavy atom. The molecule has 1 aromatic carbocycles. The topological polar surface area (TPSA) is 129 Å². The van der Waals surface area contributed by atoms with Crippen LogP contribution in [-0.4, -0.2) is 47.0 Å². The molecule has 0 aliphatic carbocycles. The molecule has 0 amide bonds. The second-order valence-electron chi connectivity index (χ2n) is 6.71. The van der Waals surface area contributed by atoms with Crippen molar-refractivity contribution >= 4 is 44.4 Å². The minimum Gasteiger partial charge on any atom is -0.508 e. The Kier molecular flexibility index (Phi) is 4.23. The standard InChI is InChI=1S/C19H16N4O5S/c1-22-8-23(2)18(29(3)28)16(22)17(25)15-14-11(7-13(21-15)19(26)27)10-6-9(24)4-5-12(10)20-14/h4-8H,1-3H3,(H2-,20,21,24,25,26,27)/p+1. The zero-order chi connectivity index (χ0) is 21.0. The lowest BCUT2D eigenvalue weighted by Gasteiger charge is -2.04. The molecule has 0 aliphatic heterocycles. The predicted octanol–water partition coefficient (Wildman–Crippen LogP) is 1.25. The molecule has 1 unspecified atom stereocenters. The third-order valence-corrected chi connectivity index (χ3v) is 5.74. The monoisotopic (exact) mass is 413 g/mol. The van der Waals surface area contributed by atoms with E-state index in [4.69, 9.17) is 0 Å². The number of phenolic OH excluding ortho intramolecular Hbond substituents is 1. The molecule has 0 radical (unpaired) electrons. The molecule has 3 aromatic heterocycles. The molecule has 0 fully saturated rings. The number of aromatic carboxylic acids is 1. The van der Waals surface area contributed by atoms with Gasteiger partial charge in [0.05, 0.1) is 30.4 Å². The minimum absolute atomic E-state index is 0.0121. The molecule has 3 N–H and O–H groups in total. The molecule has 0 saturated heterocycles. The fourth-order valence-corrected chi connectivity index (χ4v) is 4.51. The maximum atomic E-state index is 13.4. The van der Waals surface area contributed by atoms with Crippen molar-refractivity contribution in [3.05, 3.63) is 47.7 Å². The highest BCUT2D eigenvalue weighted by Crippen LogP contribution is 2.31. The van der Waals surface area contributed by atoms with Gasteiger partial charge in [-0.1, -0.05) is 0 Å². The summed E-state index contributed by atoms with van der Waals surface area (Å²) in [5.74, 6) is -1.83. The van der Waals surface area contributed by atoms with Gasteiger partial charge in [0.15, 0.2) is 0 Å². The second-order valence-corrected chi connectivity index (χ2v) is 8.01. The van der Waals surface area contributed by atoms with E-state index in [1.807, 2.05) is 0 Å². The maximum absolute atomic E-state index is 13.4. The number of carbonyl (C=O) groups is 2. The van der Waals surface area contributed by atoms with Gasteiger partial charge in [-0.25, -0.2) is 18.9 Å². The van der Waals surface area contributed by atoms with Gasteiger partial charge in [-0.15, -0.1) is 0 Å². The van der Waals surface area contributed by atoms with E-state index < -0.39 is 22.6 Å². The lowest BCUT2D eigenvalue weighted by molar-refractivity contribution is -0.673. The van der Waals surface area contributed by atoms with Gasteiger partial charge in [0.25, 0.3) is 5.78 Å². The third kappa shape index (κ3) is 2.88. The number of aromatic nitrogens is 4. The number of carbonyl (C=O) groups excluding carboxylic acids is 1. The van der Waals surface area contributed by atoms with Crippen LogP contribution in [0.1, 0.15) is 26.7 Å². The molecule has 3 heterocycles. The number of aromatic hydroxyl groups is 1. The Labute approximate surface area is 166 Å². The van der Waals surface area contributed by atoms with Crippen LogP contribution in [0.4, 0.5) is 0 Å². The summed E-state index contributed by atoms with van der Waals surface area (Å²) in [5.41, 5.74) is 0.725. The zero-order valence-corrected chi connectivity index (χ0v) is 16.6. The molecule has 0 spiro atoms. The summed E-state index contributed by atoms with van der Waals surface area (Å²) in [6.45, 7) is 0. The van der Waals surface area contributed by atoms with Crippen LogP contribution in [0.5, 0.6) is 5.75 Å². The van der Waals surface area contributed by atoms with E-state index in [-0.39, 0.29) is 22.8 Å². The number of aryl methyl sites for hydroxylation is 2. The van der Waals surface area contributed by atoms with Gasteiger partial charge in [-0.2, -0.15) is 0 Å². The number of fused-ring (bicyclic) bond motifs is 3. The summed E-state index contributed by atoms with van der Waals surface area (Å²) < 4.78 is 15.4. The van der Waals surface area contributed by atoms with Crippen LogP contribution in [0, 0.1) is 0 Å². The Morgan fingerprint density at radius 1 is 1.24 bits per heavy atom. The van der Waals surface area contributed by atoms with Crippen LogP contribution in [0.15, 0.2) is 35.6 Å². The first kappa shape index (κ1) is 18.8. The van der Waals surface area contributed by atoms with Crippen LogP contribution >= 0.6 is 0 Å². The molecule has 9 nitrogen and oxygen atoms in total. The second kappa shape index (κ2) is 6.52. The van der Waals surface area contributed by atoms with Gasteiger partial charge in [0.2, 0.25) is 17.0 Å². The lowest BCUT2D eigenvalue weighted by atomic mass is 10.1. The predicted molar refractivity (Wildman–Crippen MR) is 105 cm³/mol. The SMILES string of the molecule is Cn1c[n+](C)c(C(=O)c2nc(C(=O)O)cc3c2[nH]c2ccc(O)cc23)c1S(C)=O. The summed E-state index contributed by atoms with van der Waals surface area (Å²) >= 11 is 0. The van der Waals surface area contributed by atoms with Gasteiger partial charge in [-0.05, 0) is 24.3 Å². The van der Waals surface area contributed by atoms with Crippen molar-refractivity contribution in [2.75, 3.05) is 6.26 Å². The number of ketones is 1. The van der Waals surface area contributed by atoms with Crippen LogP contribution in [-0.2, 0) is 24.9 Å². The van der Waals surface area contributed by atoms with Gasteiger partial charge < -0.3 is 15.2 Å². The van der Waals surface area contributed by atoms with Gasteiger partial charge in [-0.3, -0.25) is 9.00 Å². The Bertz CT molecular complexity index is 1370. The number of nitrogens with zero attached hydrogens (tertiary/aromatic N) is 3. The molecule has 10 heteroatoms. The van der Waals surface area contributed by atoms with E-state index in [9.17, 15) is 24.0 Å². The third-order valence-electron chi connectivity index (χ3n) is 4.72. The minimum atomic E-state index is -1.46. The van der Waals surface area contributed by atoms with Crippen molar-refractivity contribution in [2.45, 2.75) is 5.03 Å². The highest BCUT2D eigenvalue weighted by atomic mass is 32.2. The number of imidazole rings is 1. The van der Waals surface area contributed by atoms with Crippen LogP contribution in [0.25, 0.3) is 21.8 Å². The maximum Gasteiger partial charge on any atom is 0.354 e. The first-order valence-corrected chi connectivity index (χ1v) is 10.1. The summed E-state index contributed by atoms with van der Waals surface area (Å²) in [5, 5.41) is 20.6. The number of carboxylic acid groups (broad SMARTS) is 1. The smallest absolute Gasteiger partial charge is 0.354 e. The number of rotatable bonds is 4. The molecule has 4 rings (SSSR count). The molecular weight excluding hydrogens is 396 g/mol. The number of H-pyrrole nitrogens is 1. The number of benzene rings is 1. The fraction of sp³-hybridized carbons (Fsp3) is 0.158. The van der Waals surface area contributed by atoms with E-state index in [2.05, 4.69) is 9.97 Å². The average Bonchev–Trinajstić information content (AvgIpc) is 3.16. The summed E-state index contributed by atoms with van der Waals surface area (Å²) in [6, 6.07) is 5.97. The number of nitrogens with one attached hydrogen (secondary N) is 1. The quantitative estimate of drug-likeness (QED) is 0.341. The van der Waals surface area contributed by atoms with Crippen molar-refractivity contribution < 1.29 is 28.6 Å². The van der Waals surface area contributed by atoms with Crippen LogP contribution in [0.2, 0.25) is 0 Å². The van der Waals surface area contributed by atoms with Crippen molar-refractivity contribution in [3.63, 3.8) is 0 Å². The molecule has 4 aromatic rings. The van der Waals surface area contributed by atoms with Crippen molar-refractivity contribution in [1.82, 2.24) is 14.5 Å². The summed E-state index contributed by atoms with van der Waals surface area (Å²) in [4.78, 5) is 32.2. The van der Waals surface area contributed by atoms with E-state index in [0.29, 0.717) is 26.8 Å². The first-order chi connectivity index (χ1) is 13.7. The number of aromatic amines is 1. The highest BCUT2D eigenvalue weighted by molar-refractivity contribution is 7.84. The largest absolute Gasteiger partial charge is 0.508 e. The number of carboxylic acids is 1. The van der Waals surface area contributed by atoms with Crippen LogP contribution in [0.3, 0.4) is 0 Å². The first-order valence-electron chi connectivity index (χ1n) is 8.51. The van der Waals surface area contributed by atoms with Crippen molar-refractivity contribution in [3.8, 4) is 5.75 Å². The molecule has 0 saturated carbocycles. The molecule has 29 heavy (non-hydrogen) atoms. The van der Waals surface area contributed by atoms with Gasteiger partial charge in [0.1, 0.15) is 17.1 Å². The normalized spacial score (nSPS) is 12.5.